The number of methoxy groups -OCH3 is 2. The summed E-state index contributed by atoms with van der Waals surface area (Å²) in [5.41, 5.74) is 4.12. The monoisotopic (exact) mass is 328 g/mol. The van der Waals surface area contributed by atoms with E-state index in [4.69, 9.17) is 9.47 Å². The average Bonchev–Trinajstić information content (AvgIpc) is 2.58. The normalized spacial score (nSPS) is 10.3. The standard InChI is InChI=1S/C19H24N2O3/c1-13-6-5-7-16(14(13)2)21-19(22)12-20-11-15-8-9-17(23-3)18(10-15)24-4/h5-10,20H,11-12H2,1-4H3,(H,21,22). The Morgan fingerprint density at radius 3 is 2.50 bits per heavy atom. The first kappa shape index (κ1) is 17.8. The first-order chi connectivity index (χ1) is 11.5. The number of nitrogens with one attached hydrogen (secondary N) is 2. The second kappa shape index (κ2) is 8.36. The summed E-state index contributed by atoms with van der Waals surface area (Å²) in [6.45, 7) is 4.84. The van der Waals surface area contributed by atoms with Crippen molar-refractivity contribution < 1.29 is 14.3 Å². The van der Waals surface area contributed by atoms with Crippen LogP contribution in [0.1, 0.15) is 16.7 Å². The van der Waals surface area contributed by atoms with Crippen molar-refractivity contribution in [3.8, 4) is 11.5 Å². The molecule has 0 unspecified atom stereocenters. The highest BCUT2D eigenvalue weighted by Crippen LogP contribution is 2.27. The van der Waals surface area contributed by atoms with Gasteiger partial charge in [-0.05, 0) is 48.7 Å². The predicted octanol–water partition coefficient (Wildman–Crippen LogP) is 3.05. The van der Waals surface area contributed by atoms with Gasteiger partial charge in [0.1, 0.15) is 0 Å². The van der Waals surface area contributed by atoms with Crippen molar-refractivity contribution in [2.75, 3.05) is 26.1 Å². The smallest absolute Gasteiger partial charge is 0.238 e. The number of hydrogen-bond acceptors (Lipinski definition) is 4. The molecule has 5 nitrogen and oxygen atoms in total. The zero-order chi connectivity index (χ0) is 17.5. The van der Waals surface area contributed by atoms with E-state index in [1.807, 2.05) is 50.2 Å². The summed E-state index contributed by atoms with van der Waals surface area (Å²) < 4.78 is 10.5. The maximum atomic E-state index is 12.1. The molecule has 24 heavy (non-hydrogen) atoms. The van der Waals surface area contributed by atoms with E-state index in [0.717, 1.165) is 22.4 Å². The van der Waals surface area contributed by atoms with Crippen LogP contribution in [0.5, 0.6) is 11.5 Å². The Morgan fingerprint density at radius 1 is 1.04 bits per heavy atom. The average molecular weight is 328 g/mol. The molecule has 0 saturated carbocycles. The van der Waals surface area contributed by atoms with Crippen LogP contribution in [0.4, 0.5) is 5.69 Å². The number of rotatable bonds is 7. The molecular formula is C19H24N2O3. The highest BCUT2D eigenvalue weighted by atomic mass is 16.5. The van der Waals surface area contributed by atoms with Crippen molar-refractivity contribution in [1.29, 1.82) is 0 Å². The fraction of sp³-hybridized carbons (Fsp3) is 0.316. The molecule has 0 heterocycles. The van der Waals surface area contributed by atoms with E-state index in [1.165, 1.54) is 0 Å². The number of carbonyl (C=O) groups excluding carboxylic acids is 1. The molecule has 0 radical (unpaired) electrons. The molecule has 0 aliphatic carbocycles. The minimum Gasteiger partial charge on any atom is -0.493 e. The summed E-state index contributed by atoms with van der Waals surface area (Å²) in [7, 11) is 3.21. The summed E-state index contributed by atoms with van der Waals surface area (Å²) in [6, 6.07) is 11.6. The van der Waals surface area contributed by atoms with Crippen LogP contribution in [0.15, 0.2) is 36.4 Å². The van der Waals surface area contributed by atoms with Gasteiger partial charge in [-0.2, -0.15) is 0 Å². The number of anilines is 1. The lowest BCUT2D eigenvalue weighted by atomic mass is 10.1. The van der Waals surface area contributed by atoms with Gasteiger partial charge >= 0.3 is 0 Å². The Kier molecular flexibility index (Phi) is 6.21. The van der Waals surface area contributed by atoms with Gasteiger partial charge in [0.25, 0.3) is 0 Å². The van der Waals surface area contributed by atoms with E-state index in [0.29, 0.717) is 18.0 Å². The van der Waals surface area contributed by atoms with Gasteiger partial charge in [-0.25, -0.2) is 0 Å². The molecule has 1 amide bonds. The Hall–Kier alpha value is -2.53. The summed E-state index contributed by atoms with van der Waals surface area (Å²) in [4.78, 5) is 12.1. The van der Waals surface area contributed by atoms with Crippen LogP contribution in [0.25, 0.3) is 0 Å². The molecule has 0 spiro atoms. The van der Waals surface area contributed by atoms with E-state index in [2.05, 4.69) is 10.6 Å². The number of benzene rings is 2. The van der Waals surface area contributed by atoms with Crippen molar-refractivity contribution >= 4 is 11.6 Å². The summed E-state index contributed by atoms with van der Waals surface area (Å²) in [5, 5.41) is 6.07. The van der Waals surface area contributed by atoms with Crippen LogP contribution >= 0.6 is 0 Å². The SMILES string of the molecule is COc1ccc(CNCC(=O)Nc2cccc(C)c2C)cc1OC. The van der Waals surface area contributed by atoms with Gasteiger partial charge in [0, 0.05) is 12.2 Å². The van der Waals surface area contributed by atoms with Crippen molar-refractivity contribution in [2.45, 2.75) is 20.4 Å². The molecule has 128 valence electrons. The third-order valence-corrected chi connectivity index (χ3v) is 3.94. The van der Waals surface area contributed by atoms with Crippen LogP contribution in [0.3, 0.4) is 0 Å². The zero-order valence-electron chi connectivity index (χ0n) is 14.6. The van der Waals surface area contributed by atoms with Gasteiger partial charge in [-0.3, -0.25) is 4.79 Å². The van der Waals surface area contributed by atoms with Crippen molar-refractivity contribution in [3.05, 3.63) is 53.1 Å². The number of aryl methyl sites for hydroxylation is 1. The molecule has 0 aromatic heterocycles. The lowest BCUT2D eigenvalue weighted by Crippen LogP contribution is -2.28. The third-order valence-electron chi connectivity index (χ3n) is 3.94. The molecule has 2 N–H and O–H groups in total. The van der Waals surface area contributed by atoms with Gasteiger partial charge in [-0.1, -0.05) is 18.2 Å². The van der Waals surface area contributed by atoms with Crippen LogP contribution < -0.4 is 20.1 Å². The second-order valence-corrected chi connectivity index (χ2v) is 5.59. The Balaban J connectivity index is 1.87. The van der Waals surface area contributed by atoms with Gasteiger partial charge in [-0.15, -0.1) is 0 Å². The molecule has 0 aliphatic heterocycles. The molecule has 2 rings (SSSR count). The number of hydrogen-bond donors (Lipinski definition) is 2. The highest BCUT2D eigenvalue weighted by molar-refractivity contribution is 5.93. The maximum Gasteiger partial charge on any atom is 0.238 e. The Morgan fingerprint density at radius 2 is 1.79 bits per heavy atom. The molecule has 0 saturated heterocycles. The van der Waals surface area contributed by atoms with E-state index in [1.54, 1.807) is 14.2 Å². The molecule has 0 atom stereocenters. The summed E-state index contributed by atoms with van der Waals surface area (Å²) in [6.07, 6.45) is 0. The van der Waals surface area contributed by atoms with Gasteiger partial charge in [0.05, 0.1) is 20.8 Å². The number of ether oxygens (including phenoxy) is 2. The molecule has 5 heteroatoms. The minimum atomic E-state index is -0.0656. The van der Waals surface area contributed by atoms with Gasteiger partial charge in [0.15, 0.2) is 11.5 Å². The van der Waals surface area contributed by atoms with Crippen LogP contribution in [0.2, 0.25) is 0 Å². The maximum absolute atomic E-state index is 12.1. The molecular weight excluding hydrogens is 304 g/mol. The van der Waals surface area contributed by atoms with E-state index >= 15 is 0 Å². The molecule has 2 aromatic carbocycles. The van der Waals surface area contributed by atoms with Gasteiger partial charge < -0.3 is 20.1 Å². The molecule has 0 fully saturated rings. The summed E-state index contributed by atoms with van der Waals surface area (Å²) >= 11 is 0. The van der Waals surface area contributed by atoms with Crippen LogP contribution in [0, 0.1) is 13.8 Å². The second-order valence-electron chi connectivity index (χ2n) is 5.59. The quantitative estimate of drug-likeness (QED) is 0.820. The largest absolute Gasteiger partial charge is 0.493 e. The molecule has 0 aliphatic rings. The topological polar surface area (TPSA) is 59.6 Å². The predicted molar refractivity (Wildman–Crippen MR) is 95.8 cm³/mol. The lowest BCUT2D eigenvalue weighted by molar-refractivity contribution is -0.115. The van der Waals surface area contributed by atoms with Crippen LogP contribution in [-0.2, 0) is 11.3 Å². The first-order valence-corrected chi connectivity index (χ1v) is 7.83. The van der Waals surface area contributed by atoms with Crippen LogP contribution in [-0.4, -0.2) is 26.7 Å². The van der Waals surface area contributed by atoms with Crippen molar-refractivity contribution in [1.82, 2.24) is 5.32 Å². The van der Waals surface area contributed by atoms with E-state index < -0.39 is 0 Å². The fourth-order valence-corrected chi connectivity index (χ4v) is 2.39. The molecule has 2 aromatic rings. The van der Waals surface area contributed by atoms with Crippen molar-refractivity contribution in [2.24, 2.45) is 0 Å². The Labute approximate surface area is 143 Å². The number of carbonyl (C=O) groups is 1. The fourth-order valence-electron chi connectivity index (χ4n) is 2.39. The first-order valence-electron chi connectivity index (χ1n) is 7.83. The molecule has 0 bridgehead atoms. The third kappa shape index (κ3) is 4.49. The minimum absolute atomic E-state index is 0.0656. The van der Waals surface area contributed by atoms with E-state index in [-0.39, 0.29) is 12.5 Å². The van der Waals surface area contributed by atoms with Crippen molar-refractivity contribution in [3.63, 3.8) is 0 Å². The summed E-state index contributed by atoms with van der Waals surface area (Å²) in [5.74, 6) is 1.30. The van der Waals surface area contributed by atoms with E-state index in [9.17, 15) is 4.79 Å². The lowest BCUT2D eigenvalue weighted by Gasteiger charge is -2.12. The zero-order valence-corrected chi connectivity index (χ0v) is 14.6. The highest BCUT2D eigenvalue weighted by Gasteiger charge is 2.07. The van der Waals surface area contributed by atoms with Gasteiger partial charge in [0.2, 0.25) is 5.91 Å². The number of amides is 1. The Bertz CT molecular complexity index is 714.